The van der Waals surface area contributed by atoms with Crippen LogP contribution in [0.25, 0.3) is 0 Å². The van der Waals surface area contributed by atoms with Crippen LogP contribution in [0.3, 0.4) is 0 Å². The Labute approximate surface area is 109 Å². The summed E-state index contributed by atoms with van der Waals surface area (Å²) in [5, 5.41) is 0. The van der Waals surface area contributed by atoms with E-state index in [1.807, 2.05) is 5.51 Å². The third kappa shape index (κ3) is 2.89. The number of piperidine rings is 1. The van der Waals surface area contributed by atoms with Gasteiger partial charge in [-0.05, 0) is 44.2 Å². The van der Waals surface area contributed by atoms with Crippen LogP contribution in [0.1, 0.15) is 44.2 Å². The largest absolute Gasteiger partial charge is 0.298 e. The van der Waals surface area contributed by atoms with E-state index in [-0.39, 0.29) is 0 Å². The van der Waals surface area contributed by atoms with Crippen molar-refractivity contribution < 1.29 is 0 Å². The van der Waals surface area contributed by atoms with Crippen molar-refractivity contribution in [3.63, 3.8) is 0 Å². The number of nitrogens with zero attached hydrogens (tertiary/aromatic N) is 2. The van der Waals surface area contributed by atoms with Gasteiger partial charge in [-0.2, -0.15) is 0 Å². The molecule has 1 aromatic rings. The molecular weight excluding hydrogens is 228 g/mol. The van der Waals surface area contributed by atoms with Crippen molar-refractivity contribution in [1.82, 2.24) is 9.88 Å². The van der Waals surface area contributed by atoms with Crippen LogP contribution in [-0.2, 0) is 6.54 Å². The van der Waals surface area contributed by atoms with E-state index in [4.69, 9.17) is 0 Å². The van der Waals surface area contributed by atoms with Crippen LogP contribution < -0.4 is 0 Å². The number of likely N-dealkylation sites (tertiary alicyclic amines) is 1. The maximum atomic E-state index is 4.33. The summed E-state index contributed by atoms with van der Waals surface area (Å²) < 4.78 is 0. The highest BCUT2D eigenvalue weighted by atomic mass is 32.1. The lowest BCUT2D eigenvalue weighted by molar-refractivity contribution is 0.0747. The Balaban J connectivity index is 1.90. The van der Waals surface area contributed by atoms with Crippen LogP contribution in [0.15, 0.2) is 5.51 Å². The van der Waals surface area contributed by atoms with Gasteiger partial charge in [0.2, 0.25) is 0 Å². The molecule has 0 unspecified atom stereocenters. The molecule has 0 amide bonds. The first-order valence-corrected chi connectivity index (χ1v) is 7.50. The highest BCUT2D eigenvalue weighted by molar-refractivity contribution is 7.09. The molecule has 0 spiro atoms. The summed E-state index contributed by atoms with van der Waals surface area (Å²) in [5.41, 5.74) is 3.73. The van der Waals surface area contributed by atoms with Crippen LogP contribution in [0.4, 0.5) is 0 Å². The van der Waals surface area contributed by atoms with Gasteiger partial charge in [0.05, 0.1) is 11.2 Å². The van der Waals surface area contributed by atoms with E-state index in [9.17, 15) is 0 Å². The molecule has 2 nitrogen and oxygen atoms in total. The fourth-order valence-electron chi connectivity index (χ4n) is 2.48. The van der Waals surface area contributed by atoms with Crippen molar-refractivity contribution >= 4 is 11.3 Å². The molecule has 17 heavy (non-hydrogen) atoms. The Hall–Kier alpha value is -0.410. The third-order valence-electron chi connectivity index (χ3n) is 4.60. The van der Waals surface area contributed by atoms with Crippen molar-refractivity contribution in [2.24, 2.45) is 11.3 Å². The van der Waals surface area contributed by atoms with E-state index in [2.05, 4.69) is 37.6 Å². The first-order chi connectivity index (χ1) is 8.01. The number of hydrogen-bond acceptors (Lipinski definition) is 3. The average molecular weight is 252 g/mol. The summed E-state index contributed by atoms with van der Waals surface area (Å²) in [6.07, 6.45) is 2.67. The van der Waals surface area contributed by atoms with E-state index >= 15 is 0 Å². The van der Waals surface area contributed by atoms with Gasteiger partial charge in [0, 0.05) is 11.4 Å². The predicted molar refractivity (Wildman–Crippen MR) is 74.3 cm³/mol. The summed E-state index contributed by atoms with van der Waals surface area (Å²) >= 11 is 1.80. The maximum absolute atomic E-state index is 4.33. The molecule has 0 bridgehead atoms. The zero-order chi connectivity index (χ0) is 12.5. The van der Waals surface area contributed by atoms with Crippen LogP contribution in [0, 0.1) is 18.3 Å². The first kappa shape index (κ1) is 13.0. The van der Waals surface area contributed by atoms with Crippen LogP contribution in [-0.4, -0.2) is 23.0 Å². The van der Waals surface area contributed by atoms with Gasteiger partial charge in [0.25, 0.3) is 0 Å². The molecule has 0 aliphatic carbocycles. The highest BCUT2D eigenvalue weighted by Crippen LogP contribution is 2.38. The van der Waals surface area contributed by atoms with Gasteiger partial charge >= 0.3 is 0 Å². The minimum atomic E-state index is 0.555. The topological polar surface area (TPSA) is 16.1 Å². The van der Waals surface area contributed by atoms with Gasteiger partial charge in [-0.3, -0.25) is 4.90 Å². The fraction of sp³-hybridized carbons (Fsp3) is 0.786. The lowest BCUT2D eigenvalue weighted by Crippen LogP contribution is -2.40. The summed E-state index contributed by atoms with van der Waals surface area (Å²) in [7, 11) is 0. The molecule has 1 aliphatic rings. The number of thiazole rings is 1. The summed E-state index contributed by atoms with van der Waals surface area (Å²) in [4.78, 5) is 8.36. The second-order valence-electron chi connectivity index (χ2n) is 5.95. The van der Waals surface area contributed by atoms with Gasteiger partial charge < -0.3 is 0 Å². The van der Waals surface area contributed by atoms with E-state index in [1.165, 1.54) is 36.5 Å². The molecule has 1 aromatic heterocycles. The van der Waals surface area contributed by atoms with Gasteiger partial charge in [-0.25, -0.2) is 4.98 Å². The molecule has 2 heterocycles. The molecule has 0 saturated carbocycles. The van der Waals surface area contributed by atoms with Crippen molar-refractivity contribution in [2.75, 3.05) is 13.1 Å². The summed E-state index contributed by atoms with van der Waals surface area (Å²) in [5.74, 6) is 0.801. The van der Waals surface area contributed by atoms with Gasteiger partial charge in [-0.1, -0.05) is 20.8 Å². The Kier molecular flexibility index (Phi) is 3.88. The van der Waals surface area contributed by atoms with E-state index in [0.717, 1.165) is 12.5 Å². The molecule has 2 rings (SSSR count). The summed E-state index contributed by atoms with van der Waals surface area (Å²) in [6.45, 7) is 12.9. The number of aromatic nitrogens is 1. The maximum Gasteiger partial charge on any atom is 0.0798 e. The minimum absolute atomic E-state index is 0.555. The second kappa shape index (κ2) is 5.07. The highest BCUT2D eigenvalue weighted by Gasteiger charge is 2.32. The van der Waals surface area contributed by atoms with E-state index in [1.54, 1.807) is 11.3 Å². The predicted octanol–water partition coefficient (Wildman–Crippen LogP) is 3.71. The molecule has 0 N–H and O–H groups in total. The van der Waals surface area contributed by atoms with Gasteiger partial charge in [-0.15, -0.1) is 11.3 Å². The molecule has 0 atom stereocenters. The summed E-state index contributed by atoms with van der Waals surface area (Å²) in [6, 6.07) is 0. The van der Waals surface area contributed by atoms with Crippen molar-refractivity contribution in [3.8, 4) is 0 Å². The zero-order valence-corrected chi connectivity index (χ0v) is 12.3. The SMILES string of the molecule is Cc1ncsc1CN1CCC(C)(C(C)C)CC1. The van der Waals surface area contributed by atoms with Gasteiger partial charge in [0.1, 0.15) is 0 Å². The average Bonchev–Trinajstić information content (AvgIpc) is 2.68. The second-order valence-corrected chi connectivity index (χ2v) is 6.89. The Morgan fingerprint density at radius 1 is 1.41 bits per heavy atom. The smallest absolute Gasteiger partial charge is 0.0798 e. The molecule has 1 aliphatic heterocycles. The van der Waals surface area contributed by atoms with Crippen molar-refractivity contribution in [1.29, 1.82) is 0 Å². The Morgan fingerprint density at radius 3 is 2.53 bits per heavy atom. The van der Waals surface area contributed by atoms with E-state index in [0.29, 0.717) is 5.41 Å². The number of hydrogen-bond donors (Lipinski definition) is 0. The minimum Gasteiger partial charge on any atom is -0.298 e. The third-order valence-corrected chi connectivity index (χ3v) is 5.52. The fourth-order valence-corrected chi connectivity index (χ4v) is 3.30. The standard InChI is InChI=1S/C14H24N2S/c1-11(2)14(4)5-7-16(8-6-14)9-13-12(3)15-10-17-13/h10-11H,5-9H2,1-4H3. The lowest BCUT2D eigenvalue weighted by atomic mass is 9.72. The first-order valence-electron chi connectivity index (χ1n) is 6.62. The quantitative estimate of drug-likeness (QED) is 0.815. The van der Waals surface area contributed by atoms with Crippen LogP contribution >= 0.6 is 11.3 Å². The molecule has 1 saturated heterocycles. The zero-order valence-electron chi connectivity index (χ0n) is 11.5. The monoisotopic (exact) mass is 252 g/mol. The molecule has 3 heteroatoms. The Bertz CT molecular complexity index is 362. The molecule has 0 radical (unpaired) electrons. The van der Waals surface area contributed by atoms with Crippen molar-refractivity contribution in [2.45, 2.75) is 47.1 Å². The molecule has 1 fully saturated rings. The Morgan fingerprint density at radius 2 is 2.06 bits per heavy atom. The van der Waals surface area contributed by atoms with Gasteiger partial charge in [0.15, 0.2) is 0 Å². The van der Waals surface area contributed by atoms with E-state index < -0.39 is 0 Å². The molecular formula is C14H24N2S. The van der Waals surface area contributed by atoms with Crippen molar-refractivity contribution in [3.05, 3.63) is 16.1 Å². The normalized spacial score (nSPS) is 21.0. The number of rotatable bonds is 3. The molecule has 0 aromatic carbocycles. The van der Waals surface area contributed by atoms with Crippen LogP contribution in [0.5, 0.6) is 0 Å². The molecule has 96 valence electrons. The van der Waals surface area contributed by atoms with Crippen LogP contribution in [0.2, 0.25) is 0 Å². The number of aryl methyl sites for hydroxylation is 1. The lowest BCUT2D eigenvalue weighted by Gasteiger charge is -2.42.